The van der Waals surface area contributed by atoms with Gasteiger partial charge in [0.15, 0.2) is 0 Å². The van der Waals surface area contributed by atoms with Gasteiger partial charge in [-0.3, -0.25) is 0 Å². The van der Waals surface area contributed by atoms with E-state index in [-0.39, 0.29) is 96.8 Å². The number of hydrogen-bond acceptors (Lipinski definition) is 0. The third kappa shape index (κ3) is 8.83. The van der Waals surface area contributed by atoms with Crippen LogP contribution in [0.4, 0.5) is 0 Å². The largest absolute Gasteiger partial charge is 2.00 e. The van der Waals surface area contributed by atoms with Crippen molar-refractivity contribution in [1.29, 1.82) is 0 Å². The van der Waals surface area contributed by atoms with Gasteiger partial charge in [0.2, 0.25) is 0 Å². The van der Waals surface area contributed by atoms with Crippen LogP contribution in [-0.4, -0.2) is 74.0 Å². The van der Waals surface area contributed by atoms with Gasteiger partial charge in [0.1, 0.15) is 0 Å². The van der Waals surface area contributed by atoms with Gasteiger partial charge >= 0.3 is 68.5 Å². The van der Waals surface area contributed by atoms with E-state index in [2.05, 4.69) is 0 Å². The summed E-state index contributed by atoms with van der Waals surface area (Å²) < 4.78 is 0. The maximum atomic E-state index is 0. The van der Waals surface area contributed by atoms with Crippen molar-refractivity contribution in [1.82, 2.24) is 0 Å². The molecular weight excluding hydrogens is 183 g/mol. The molecule has 0 aliphatic heterocycles. The predicted octanol–water partition coefficient (Wildman–Crippen LogP) is -1.14. The van der Waals surface area contributed by atoms with Crippen LogP contribution in [0.25, 0.3) is 0 Å². The molecule has 4 heteroatoms. The smallest absolute Gasteiger partial charge is 1.00 e. The molecule has 0 aromatic carbocycles. The Bertz CT molecular complexity index is 16.0. The maximum Gasteiger partial charge on any atom is 2.00 e. The Labute approximate surface area is 95.0 Å². The normalized spacial score (nSPS) is 0. The van der Waals surface area contributed by atoms with E-state index >= 15 is 0 Å². The third-order valence-corrected chi connectivity index (χ3v) is 0. The molecular formula is H6MgMnOSr. The second kappa shape index (κ2) is 17.2. The zero-order valence-corrected chi connectivity index (χ0v) is 8.36. The first-order chi connectivity index (χ1) is 0. The molecule has 4 heavy (non-hydrogen) atoms. The molecule has 0 saturated heterocycles. The minimum absolute atomic E-state index is 0. The summed E-state index contributed by atoms with van der Waals surface area (Å²) in [4.78, 5) is 0. The van der Waals surface area contributed by atoms with Crippen LogP contribution in [-0.2, 0) is 17.1 Å². The fourth-order valence-corrected chi connectivity index (χ4v) is 0. The van der Waals surface area contributed by atoms with Crippen LogP contribution in [0.5, 0.6) is 0 Å². The fraction of sp³-hybridized carbons (Fsp3) is 0. The Morgan fingerprint density at radius 3 is 1.25 bits per heavy atom. The van der Waals surface area contributed by atoms with Gasteiger partial charge in [0.05, 0.1) is 0 Å². The predicted molar refractivity (Wildman–Crippen MR) is 19.6 cm³/mol. The first-order valence-electron chi connectivity index (χ1n) is 0. The van der Waals surface area contributed by atoms with Crippen LogP contribution in [0.1, 0.15) is 5.71 Å². The Hall–Kier alpha value is 2.73. The minimum atomic E-state index is 0. The van der Waals surface area contributed by atoms with Crippen LogP contribution in [0, 0.1) is 0 Å². The van der Waals surface area contributed by atoms with Crippen molar-refractivity contribution >= 4 is 68.5 Å². The van der Waals surface area contributed by atoms with Crippen molar-refractivity contribution in [3.63, 3.8) is 0 Å². The average Bonchev–Trinajstić information content (AvgIpc) is 0. The fourth-order valence-electron chi connectivity index (χ4n) is 0. The van der Waals surface area contributed by atoms with Gasteiger partial charge < -0.3 is 11.2 Å². The molecule has 0 aromatic heterocycles. The SMILES string of the molecule is O.[H-].[H-].[H-].[H-].[Mg+2].[Mn].[Sr+2]. The van der Waals surface area contributed by atoms with Crippen LogP contribution >= 0.6 is 0 Å². The summed E-state index contributed by atoms with van der Waals surface area (Å²) in [6, 6.07) is 0. The van der Waals surface area contributed by atoms with Gasteiger partial charge in [-0.05, 0) is 0 Å². The second-order valence-electron chi connectivity index (χ2n) is 0. The van der Waals surface area contributed by atoms with E-state index in [0.717, 1.165) is 0 Å². The van der Waals surface area contributed by atoms with Crippen molar-refractivity contribution in [2.75, 3.05) is 0 Å². The van der Waals surface area contributed by atoms with Crippen LogP contribution in [0.2, 0.25) is 0 Å². The summed E-state index contributed by atoms with van der Waals surface area (Å²) in [5.74, 6) is 0. The number of rotatable bonds is 0. The number of hydrogen-bond donors (Lipinski definition) is 0. The molecule has 0 atom stereocenters. The Kier molecular flexibility index (Phi) is 128. The third-order valence-electron chi connectivity index (χ3n) is 0. The van der Waals surface area contributed by atoms with E-state index in [0.29, 0.717) is 0 Å². The quantitative estimate of drug-likeness (QED) is 0.431. The topological polar surface area (TPSA) is 31.5 Å². The molecule has 0 spiro atoms. The molecule has 0 heterocycles. The molecule has 0 aliphatic rings. The summed E-state index contributed by atoms with van der Waals surface area (Å²) in [7, 11) is 0. The zero-order valence-electron chi connectivity index (χ0n) is 6.29. The molecule has 0 unspecified atom stereocenters. The monoisotopic (exact) mass is 189 g/mol. The molecule has 0 bridgehead atoms. The van der Waals surface area contributed by atoms with E-state index in [1.165, 1.54) is 0 Å². The summed E-state index contributed by atoms with van der Waals surface area (Å²) in [6.45, 7) is 0. The van der Waals surface area contributed by atoms with Gasteiger partial charge in [-0.25, -0.2) is 0 Å². The second-order valence-corrected chi connectivity index (χ2v) is 0. The Morgan fingerprint density at radius 2 is 1.25 bits per heavy atom. The van der Waals surface area contributed by atoms with E-state index in [4.69, 9.17) is 0 Å². The molecule has 2 N–H and O–H groups in total. The molecule has 0 rings (SSSR count). The summed E-state index contributed by atoms with van der Waals surface area (Å²) in [6.07, 6.45) is 0. The molecule has 1 nitrogen and oxygen atoms in total. The van der Waals surface area contributed by atoms with E-state index in [9.17, 15) is 0 Å². The van der Waals surface area contributed by atoms with E-state index in [1.807, 2.05) is 0 Å². The molecule has 0 saturated carbocycles. The van der Waals surface area contributed by atoms with Crippen molar-refractivity contribution in [3.05, 3.63) is 0 Å². The molecule has 0 amide bonds. The van der Waals surface area contributed by atoms with Gasteiger partial charge in [-0.15, -0.1) is 0 Å². The standard InChI is InChI=1S/Mg.Mn.H2O.Sr.4H/h;;1H2;;;;;/q+2;;;+2;4*-1. The molecule has 0 aliphatic carbocycles. The first kappa shape index (κ1) is 29.7. The van der Waals surface area contributed by atoms with E-state index in [1.54, 1.807) is 0 Å². The summed E-state index contributed by atoms with van der Waals surface area (Å²) >= 11 is 0. The van der Waals surface area contributed by atoms with Gasteiger partial charge in [-0.1, -0.05) is 0 Å². The van der Waals surface area contributed by atoms with Crippen molar-refractivity contribution < 1.29 is 28.3 Å². The molecule has 1 radical (unpaired) electrons. The van der Waals surface area contributed by atoms with Crippen LogP contribution in [0.3, 0.4) is 0 Å². The van der Waals surface area contributed by atoms with Crippen LogP contribution in [0.15, 0.2) is 0 Å². The van der Waals surface area contributed by atoms with Crippen molar-refractivity contribution in [2.24, 2.45) is 0 Å². The molecule has 23 valence electrons. The molecule has 0 aromatic rings. The van der Waals surface area contributed by atoms with Gasteiger partial charge in [-0.2, -0.15) is 0 Å². The minimum Gasteiger partial charge on any atom is -1.00 e. The zero-order chi connectivity index (χ0) is 0. The Balaban J connectivity index is 0. The van der Waals surface area contributed by atoms with Crippen LogP contribution < -0.4 is 0 Å². The van der Waals surface area contributed by atoms with Crippen molar-refractivity contribution in [2.45, 2.75) is 0 Å². The van der Waals surface area contributed by atoms with Gasteiger partial charge in [0.25, 0.3) is 0 Å². The Morgan fingerprint density at radius 1 is 1.25 bits per heavy atom. The van der Waals surface area contributed by atoms with E-state index < -0.39 is 0 Å². The maximum absolute atomic E-state index is 0. The first-order valence-corrected chi connectivity index (χ1v) is 0. The summed E-state index contributed by atoms with van der Waals surface area (Å²) in [5, 5.41) is 0. The molecule has 0 fully saturated rings. The average molecular weight is 189 g/mol. The van der Waals surface area contributed by atoms with Gasteiger partial charge in [0, 0.05) is 17.1 Å². The summed E-state index contributed by atoms with van der Waals surface area (Å²) in [5.41, 5.74) is 0. The van der Waals surface area contributed by atoms with Crippen molar-refractivity contribution in [3.8, 4) is 0 Å².